The van der Waals surface area contributed by atoms with Gasteiger partial charge < -0.3 is 15.8 Å². The lowest BCUT2D eigenvalue weighted by molar-refractivity contribution is -0.122. The van der Waals surface area contributed by atoms with E-state index in [4.69, 9.17) is 16.9 Å². The van der Waals surface area contributed by atoms with Gasteiger partial charge in [0.15, 0.2) is 0 Å². The van der Waals surface area contributed by atoms with E-state index < -0.39 is 5.54 Å². The number of amides is 1. The van der Waals surface area contributed by atoms with E-state index in [1.807, 2.05) is 12.1 Å². The highest BCUT2D eigenvalue weighted by Crippen LogP contribution is 2.19. The zero-order valence-electron chi connectivity index (χ0n) is 10.7. The molecule has 0 aromatic heterocycles. The first-order valence-electron chi connectivity index (χ1n) is 5.71. The molecule has 3 N–H and O–H groups in total. The number of rotatable bonds is 5. The molecule has 4 heteroatoms. The van der Waals surface area contributed by atoms with Crippen LogP contribution in [0.5, 0.6) is 5.75 Å². The molecule has 0 saturated heterocycles. The Morgan fingerprint density at radius 2 is 2.17 bits per heavy atom. The average molecular weight is 246 g/mol. The van der Waals surface area contributed by atoms with Crippen LogP contribution in [-0.4, -0.2) is 18.1 Å². The summed E-state index contributed by atoms with van der Waals surface area (Å²) in [6.07, 6.45) is 5.52. The normalized spacial score (nSPS) is 10.5. The van der Waals surface area contributed by atoms with Gasteiger partial charge in [0, 0.05) is 0 Å². The van der Waals surface area contributed by atoms with Crippen LogP contribution in [0.2, 0.25) is 0 Å². The number of anilines is 1. The molecule has 0 saturated carbocycles. The molecule has 1 aromatic carbocycles. The van der Waals surface area contributed by atoms with E-state index in [1.165, 1.54) is 0 Å². The van der Waals surface area contributed by atoms with Gasteiger partial charge in [0.25, 0.3) is 0 Å². The largest absolute Gasteiger partial charge is 0.491 e. The lowest BCUT2D eigenvalue weighted by atomic mass is 10.1. The predicted molar refractivity (Wildman–Crippen MR) is 72.0 cm³/mol. The second-order valence-electron chi connectivity index (χ2n) is 4.45. The van der Waals surface area contributed by atoms with Crippen molar-refractivity contribution >= 4 is 11.6 Å². The van der Waals surface area contributed by atoms with Crippen molar-refractivity contribution in [1.82, 2.24) is 5.32 Å². The summed E-state index contributed by atoms with van der Waals surface area (Å²) in [5.41, 5.74) is 5.63. The zero-order chi connectivity index (χ0) is 13.6. The Morgan fingerprint density at radius 1 is 1.50 bits per heavy atom. The SMILES string of the molecule is C#CC(C)(C)NC(=O)CCOc1ccccc1N. The van der Waals surface area contributed by atoms with Crippen LogP contribution in [0.25, 0.3) is 0 Å². The van der Waals surface area contributed by atoms with Crippen LogP contribution < -0.4 is 15.8 Å². The number of hydrogen-bond acceptors (Lipinski definition) is 3. The molecular weight excluding hydrogens is 228 g/mol. The fourth-order valence-electron chi connectivity index (χ4n) is 1.31. The smallest absolute Gasteiger partial charge is 0.224 e. The third-order valence-electron chi connectivity index (χ3n) is 2.32. The maximum atomic E-state index is 11.6. The third kappa shape index (κ3) is 4.38. The Labute approximate surface area is 108 Å². The van der Waals surface area contributed by atoms with Crippen molar-refractivity contribution in [3.8, 4) is 18.1 Å². The lowest BCUT2D eigenvalue weighted by Crippen LogP contribution is -2.42. The Hall–Kier alpha value is -2.15. The van der Waals surface area contributed by atoms with Gasteiger partial charge in [-0.25, -0.2) is 0 Å². The topological polar surface area (TPSA) is 64.3 Å². The molecule has 1 rings (SSSR count). The van der Waals surface area contributed by atoms with Crippen LogP contribution in [-0.2, 0) is 4.79 Å². The minimum absolute atomic E-state index is 0.146. The summed E-state index contributed by atoms with van der Waals surface area (Å²) in [5.74, 6) is 2.94. The van der Waals surface area contributed by atoms with Gasteiger partial charge in [0.1, 0.15) is 5.75 Å². The number of terminal acetylenes is 1. The minimum Gasteiger partial charge on any atom is -0.491 e. The van der Waals surface area contributed by atoms with Crippen molar-refractivity contribution in [2.24, 2.45) is 0 Å². The number of hydrogen-bond donors (Lipinski definition) is 2. The zero-order valence-corrected chi connectivity index (χ0v) is 10.7. The van der Waals surface area contributed by atoms with Gasteiger partial charge in [-0.3, -0.25) is 4.79 Å². The van der Waals surface area contributed by atoms with Crippen molar-refractivity contribution in [2.45, 2.75) is 25.8 Å². The fraction of sp³-hybridized carbons (Fsp3) is 0.357. The fourth-order valence-corrected chi connectivity index (χ4v) is 1.31. The minimum atomic E-state index is -0.636. The average Bonchev–Trinajstić information content (AvgIpc) is 2.31. The van der Waals surface area contributed by atoms with Crippen molar-refractivity contribution in [2.75, 3.05) is 12.3 Å². The number of benzene rings is 1. The van der Waals surface area contributed by atoms with E-state index in [0.717, 1.165) is 0 Å². The first-order chi connectivity index (χ1) is 8.44. The number of nitrogen functional groups attached to an aromatic ring is 1. The molecule has 0 unspecified atom stereocenters. The highest BCUT2D eigenvalue weighted by atomic mass is 16.5. The molecule has 1 aromatic rings. The third-order valence-corrected chi connectivity index (χ3v) is 2.32. The number of para-hydroxylation sites is 2. The number of nitrogens with two attached hydrogens (primary N) is 1. The van der Waals surface area contributed by atoms with Crippen molar-refractivity contribution in [3.63, 3.8) is 0 Å². The van der Waals surface area contributed by atoms with Gasteiger partial charge in [0.2, 0.25) is 5.91 Å². The van der Waals surface area contributed by atoms with E-state index >= 15 is 0 Å². The number of carbonyl (C=O) groups excluding carboxylic acids is 1. The van der Waals surface area contributed by atoms with E-state index in [0.29, 0.717) is 11.4 Å². The maximum absolute atomic E-state index is 11.6. The van der Waals surface area contributed by atoms with Crippen molar-refractivity contribution in [3.05, 3.63) is 24.3 Å². The summed E-state index contributed by atoms with van der Waals surface area (Å²) in [4.78, 5) is 11.6. The lowest BCUT2D eigenvalue weighted by Gasteiger charge is -2.19. The highest BCUT2D eigenvalue weighted by molar-refractivity contribution is 5.77. The van der Waals surface area contributed by atoms with Gasteiger partial charge >= 0.3 is 0 Å². The summed E-state index contributed by atoms with van der Waals surface area (Å²) in [7, 11) is 0. The molecule has 0 atom stereocenters. The van der Waals surface area contributed by atoms with Crippen LogP contribution in [0.4, 0.5) is 5.69 Å². The van der Waals surface area contributed by atoms with Crippen LogP contribution in [0.1, 0.15) is 20.3 Å². The quantitative estimate of drug-likeness (QED) is 0.612. The predicted octanol–water partition coefficient (Wildman–Crippen LogP) is 1.57. The number of nitrogens with one attached hydrogen (secondary N) is 1. The highest BCUT2D eigenvalue weighted by Gasteiger charge is 2.16. The van der Waals surface area contributed by atoms with E-state index in [1.54, 1.807) is 26.0 Å². The summed E-state index contributed by atoms with van der Waals surface area (Å²) in [5, 5.41) is 2.72. The van der Waals surface area contributed by atoms with Crippen LogP contribution >= 0.6 is 0 Å². The van der Waals surface area contributed by atoms with E-state index in [-0.39, 0.29) is 18.9 Å². The van der Waals surface area contributed by atoms with E-state index in [2.05, 4.69) is 11.2 Å². The molecule has 0 aliphatic heterocycles. The second-order valence-corrected chi connectivity index (χ2v) is 4.45. The molecule has 0 spiro atoms. The van der Waals surface area contributed by atoms with E-state index in [9.17, 15) is 4.79 Å². The Balaban J connectivity index is 2.37. The summed E-state index contributed by atoms with van der Waals surface area (Å²) in [6, 6.07) is 7.16. The number of ether oxygens (including phenoxy) is 1. The second kappa shape index (κ2) is 5.97. The van der Waals surface area contributed by atoms with Gasteiger partial charge in [-0.05, 0) is 26.0 Å². The Kier molecular flexibility index (Phi) is 4.61. The molecule has 18 heavy (non-hydrogen) atoms. The summed E-state index contributed by atoms with van der Waals surface area (Å²) < 4.78 is 5.42. The molecule has 0 fully saturated rings. The first-order valence-corrected chi connectivity index (χ1v) is 5.71. The van der Waals surface area contributed by atoms with Gasteiger partial charge in [-0.15, -0.1) is 6.42 Å². The summed E-state index contributed by atoms with van der Waals surface area (Å²) >= 11 is 0. The molecule has 1 amide bonds. The Morgan fingerprint density at radius 3 is 2.78 bits per heavy atom. The van der Waals surface area contributed by atoms with Gasteiger partial charge in [0.05, 0.1) is 24.3 Å². The molecule has 0 heterocycles. The van der Waals surface area contributed by atoms with Crippen LogP contribution in [0, 0.1) is 12.3 Å². The van der Waals surface area contributed by atoms with Crippen LogP contribution in [0.15, 0.2) is 24.3 Å². The van der Waals surface area contributed by atoms with Crippen molar-refractivity contribution < 1.29 is 9.53 Å². The maximum Gasteiger partial charge on any atom is 0.224 e. The molecule has 0 aliphatic carbocycles. The molecule has 96 valence electrons. The van der Waals surface area contributed by atoms with Crippen LogP contribution in [0.3, 0.4) is 0 Å². The summed E-state index contributed by atoms with van der Waals surface area (Å²) in [6.45, 7) is 3.79. The van der Waals surface area contributed by atoms with Crippen molar-refractivity contribution in [1.29, 1.82) is 0 Å². The molecule has 0 radical (unpaired) electrons. The molecule has 4 nitrogen and oxygen atoms in total. The first kappa shape index (κ1) is 13.9. The standard InChI is InChI=1S/C14H18N2O2/c1-4-14(2,3)16-13(17)9-10-18-12-8-6-5-7-11(12)15/h1,5-8H,9-10,15H2,2-3H3,(H,16,17). The molecule has 0 bridgehead atoms. The number of carbonyl (C=O) groups is 1. The Bertz CT molecular complexity index is 461. The monoisotopic (exact) mass is 246 g/mol. The molecule has 0 aliphatic rings. The van der Waals surface area contributed by atoms with Gasteiger partial charge in [-0.1, -0.05) is 18.1 Å². The van der Waals surface area contributed by atoms with Gasteiger partial charge in [-0.2, -0.15) is 0 Å². The molecular formula is C14H18N2O2.